The lowest BCUT2D eigenvalue weighted by molar-refractivity contribution is 0.580. The van der Waals surface area contributed by atoms with E-state index in [-0.39, 0.29) is 11.7 Å². The van der Waals surface area contributed by atoms with Crippen molar-refractivity contribution in [2.45, 2.75) is 18.9 Å². The monoisotopic (exact) mass is 363 g/mol. The first kappa shape index (κ1) is 13.3. The highest BCUT2D eigenvalue weighted by Gasteiger charge is 2.26. The van der Waals surface area contributed by atoms with Gasteiger partial charge in [0.25, 0.3) is 0 Å². The first-order valence-corrected chi connectivity index (χ1v) is 7.72. The molecule has 0 spiro atoms. The zero-order chi connectivity index (χ0) is 13.6. The number of hydrogen-bond donors (Lipinski definition) is 1. The quantitative estimate of drug-likeness (QED) is 0.737. The second-order valence-electron chi connectivity index (χ2n) is 4.41. The fourth-order valence-corrected chi connectivity index (χ4v) is 4.09. The van der Waals surface area contributed by atoms with E-state index in [0.29, 0.717) is 8.81 Å². The van der Waals surface area contributed by atoms with Crippen molar-refractivity contribution in [1.82, 2.24) is 0 Å². The molecule has 0 bridgehead atoms. The van der Waals surface area contributed by atoms with E-state index in [0.717, 1.165) is 18.4 Å². The molecule has 1 aliphatic carbocycles. The highest BCUT2D eigenvalue weighted by Crippen LogP contribution is 2.41. The molecule has 1 nitrogen and oxygen atoms in total. The first-order chi connectivity index (χ1) is 9.04. The van der Waals surface area contributed by atoms with E-state index in [4.69, 9.17) is 11.6 Å². The molecule has 0 saturated carbocycles. The van der Waals surface area contributed by atoms with E-state index in [2.05, 4.69) is 21.2 Å². The van der Waals surface area contributed by atoms with Crippen molar-refractivity contribution < 1.29 is 8.78 Å². The smallest absolute Gasteiger partial charge is 0.150 e. The second-order valence-corrected chi connectivity index (χ2v) is 7.09. The number of aryl methyl sites for hydroxylation is 1. The third-order valence-corrected chi connectivity index (χ3v) is 4.97. The molecular formula is C13H9BrClF2NS. The maximum absolute atomic E-state index is 13.8. The Balaban J connectivity index is 1.91. The minimum atomic E-state index is -0.596. The van der Waals surface area contributed by atoms with Gasteiger partial charge in [-0.2, -0.15) is 0 Å². The molecule has 0 amide bonds. The van der Waals surface area contributed by atoms with Crippen molar-refractivity contribution in [1.29, 1.82) is 0 Å². The predicted molar refractivity (Wildman–Crippen MR) is 78.1 cm³/mol. The van der Waals surface area contributed by atoms with Crippen LogP contribution in [0.15, 0.2) is 22.7 Å². The van der Waals surface area contributed by atoms with Crippen molar-refractivity contribution in [3.63, 3.8) is 0 Å². The topological polar surface area (TPSA) is 12.0 Å². The van der Waals surface area contributed by atoms with Crippen LogP contribution in [0, 0.1) is 11.6 Å². The molecule has 19 heavy (non-hydrogen) atoms. The molecule has 1 aromatic carbocycles. The zero-order valence-electron chi connectivity index (χ0n) is 9.64. The SMILES string of the molecule is Fc1cc(Br)cc(F)c1NC1CCc2sc(Cl)cc21. The van der Waals surface area contributed by atoms with Gasteiger partial charge < -0.3 is 5.32 Å². The summed E-state index contributed by atoms with van der Waals surface area (Å²) in [6.07, 6.45) is 1.72. The number of fused-ring (bicyclic) bond motifs is 1. The molecule has 1 aromatic heterocycles. The van der Waals surface area contributed by atoms with Crippen molar-refractivity contribution >= 4 is 44.6 Å². The van der Waals surface area contributed by atoms with Gasteiger partial charge in [0.1, 0.15) is 17.3 Å². The number of anilines is 1. The van der Waals surface area contributed by atoms with Gasteiger partial charge in [-0.15, -0.1) is 11.3 Å². The molecule has 1 heterocycles. The number of benzene rings is 1. The van der Waals surface area contributed by atoms with Crippen LogP contribution in [0.25, 0.3) is 0 Å². The molecule has 3 rings (SSSR count). The highest BCUT2D eigenvalue weighted by atomic mass is 79.9. The molecule has 0 radical (unpaired) electrons. The minimum absolute atomic E-state index is 0.0797. The molecule has 1 unspecified atom stereocenters. The van der Waals surface area contributed by atoms with Gasteiger partial charge in [0.05, 0.1) is 10.4 Å². The van der Waals surface area contributed by atoms with Gasteiger partial charge in [0, 0.05) is 9.35 Å². The van der Waals surface area contributed by atoms with Crippen LogP contribution in [0.4, 0.5) is 14.5 Å². The van der Waals surface area contributed by atoms with E-state index in [9.17, 15) is 8.78 Å². The number of thiophene rings is 1. The van der Waals surface area contributed by atoms with Crippen LogP contribution in [0.5, 0.6) is 0 Å². The average molecular weight is 365 g/mol. The number of rotatable bonds is 2. The van der Waals surface area contributed by atoms with E-state index in [1.807, 2.05) is 6.07 Å². The molecule has 100 valence electrons. The van der Waals surface area contributed by atoms with Crippen LogP contribution in [0.3, 0.4) is 0 Å². The zero-order valence-corrected chi connectivity index (χ0v) is 12.8. The summed E-state index contributed by atoms with van der Waals surface area (Å²) in [5, 5.41) is 2.95. The van der Waals surface area contributed by atoms with Gasteiger partial charge in [-0.05, 0) is 36.6 Å². The van der Waals surface area contributed by atoms with E-state index in [1.165, 1.54) is 28.3 Å². The second kappa shape index (κ2) is 5.04. The third kappa shape index (κ3) is 2.51. The average Bonchev–Trinajstić information content (AvgIpc) is 2.83. The van der Waals surface area contributed by atoms with Gasteiger partial charge >= 0.3 is 0 Å². The third-order valence-electron chi connectivity index (χ3n) is 3.17. The maximum atomic E-state index is 13.8. The lowest BCUT2D eigenvalue weighted by Crippen LogP contribution is -2.09. The van der Waals surface area contributed by atoms with Crippen molar-refractivity contribution in [3.05, 3.63) is 49.1 Å². The lowest BCUT2D eigenvalue weighted by atomic mass is 10.1. The first-order valence-electron chi connectivity index (χ1n) is 5.74. The Bertz CT molecular complexity index is 621. The van der Waals surface area contributed by atoms with Crippen LogP contribution >= 0.6 is 38.9 Å². The summed E-state index contributed by atoms with van der Waals surface area (Å²) in [5.41, 5.74) is 0.972. The van der Waals surface area contributed by atoms with Gasteiger partial charge in [0.15, 0.2) is 0 Å². The molecule has 1 aliphatic rings. The largest absolute Gasteiger partial charge is 0.373 e. The van der Waals surface area contributed by atoms with Crippen LogP contribution in [0.2, 0.25) is 4.34 Å². The normalized spacial score (nSPS) is 17.6. The van der Waals surface area contributed by atoms with Crippen LogP contribution < -0.4 is 5.32 Å². The Hall–Kier alpha value is -0.650. The van der Waals surface area contributed by atoms with Crippen molar-refractivity contribution in [2.24, 2.45) is 0 Å². The fraction of sp³-hybridized carbons (Fsp3) is 0.231. The number of halogens is 4. The van der Waals surface area contributed by atoms with Gasteiger partial charge in [-0.3, -0.25) is 0 Å². The van der Waals surface area contributed by atoms with E-state index in [1.54, 1.807) is 0 Å². The molecule has 0 aliphatic heterocycles. The molecule has 1 atom stereocenters. The molecule has 1 N–H and O–H groups in total. The summed E-state index contributed by atoms with van der Waals surface area (Å²) in [5.74, 6) is -1.19. The Kier molecular flexibility index (Phi) is 3.53. The van der Waals surface area contributed by atoms with Crippen LogP contribution in [-0.4, -0.2) is 0 Å². The minimum Gasteiger partial charge on any atom is -0.373 e. The van der Waals surface area contributed by atoms with Crippen LogP contribution in [0.1, 0.15) is 22.9 Å². The Morgan fingerprint density at radius 1 is 1.26 bits per heavy atom. The van der Waals surface area contributed by atoms with Gasteiger partial charge in [-0.1, -0.05) is 27.5 Å². The maximum Gasteiger partial charge on any atom is 0.150 e. The lowest BCUT2D eigenvalue weighted by Gasteiger charge is -2.16. The molecular weight excluding hydrogens is 356 g/mol. The Morgan fingerprint density at radius 2 is 1.95 bits per heavy atom. The van der Waals surface area contributed by atoms with Gasteiger partial charge in [0.2, 0.25) is 0 Å². The summed E-state index contributed by atoms with van der Waals surface area (Å²) in [4.78, 5) is 1.19. The van der Waals surface area contributed by atoms with E-state index < -0.39 is 11.6 Å². The van der Waals surface area contributed by atoms with Crippen LogP contribution in [-0.2, 0) is 6.42 Å². The molecule has 2 aromatic rings. The van der Waals surface area contributed by atoms with Crippen molar-refractivity contribution in [3.8, 4) is 0 Å². The van der Waals surface area contributed by atoms with E-state index >= 15 is 0 Å². The van der Waals surface area contributed by atoms with Gasteiger partial charge in [-0.25, -0.2) is 8.78 Å². The summed E-state index contributed by atoms with van der Waals surface area (Å²) >= 11 is 10.6. The Morgan fingerprint density at radius 3 is 2.63 bits per heavy atom. The predicted octanol–water partition coefficient (Wildman–Crippen LogP) is 5.54. The molecule has 0 fully saturated rings. The fourth-order valence-electron chi connectivity index (χ4n) is 2.33. The summed E-state index contributed by atoms with van der Waals surface area (Å²) in [7, 11) is 0. The number of nitrogens with one attached hydrogen (secondary N) is 1. The standard InChI is InChI=1S/C13H9BrClF2NS/c14-6-3-8(16)13(9(17)4-6)18-10-1-2-11-7(10)5-12(15)19-11/h3-5,10,18H,1-2H2. The molecule has 6 heteroatoms. The number of hydrogen-bond acceptors (Lipinski definition) is 2. The van der Waals surface area contributed by atoms with Crippen molar-refractivity contribution in [2.75, 3.05) is 5.32 Å². The Labute approximate surface area is 126 Å². The summed E-state index contributed by atoms with van der Waals surface area (Å²) in [6, 6.07) is 4.30. The summed E-state index contributed by atoms with van der Waals surface area (Å²) < 4.78 is 28.7. The highest BCUT2D eigenvalue weighted by molar-refractivity contribution is 9.10. The molecule has 0 saturated heterocycles. The summed E-state index contributed by atoms with van der Waals surface area (Å²) in [6.45, 7) is 0.